The van der Waals surface area contributed by atoms with Crippen molar-refractivity contribution in [2.45, 2.75) is 19.8 Å². The standard InChI is InChI=1S/C17H15Cl2NO5/c1-2-3-8-24-17(21)13-10-12(5-6-15(13)20(22)23)25-16-7-4-11(18)9-14(16)19/h4-7,9-10H,2-3,8H2,1H3. The summed E-state index contributed by atoms with van der Waals surface area (Å²) in [4.78, 5) is 22.6. The van der Waals surface area contributed by atoms with E-state index in [1.54, 1.807) is 12.1 Å². The molecule has 0 bridgehead atoms. The number of carbonyl (C=O) groups is 1. The molecule has 8 heteroatoms. The van der Waals surface area contributed by atoms with Crippen molar-refractivity contribution >= 4 is 34.9 Å². The van der Waals surface area contributed by atoms with Crippen molar-refractivity contribution in [3.8, 4) is 11.5 Å². The monoisotopic (exact) mass is 383 g/mol. The van der Waals surface area contributed by atoms with Crippen LogP contribution in [0.3, 0.4) is 0 Å². The molecule has 0 aromatic heterocycles. The van der Waals surface area contributed by atoms with Crippen LogP contribution in [-0.2, 0) is 4.74 Å². The third-order valence-electron chi connectivity index (χ3n) is 3.24. The Labute approximate surface area is 154 Å². The number of ether oxygens (including phenoxy) is 2. The predicted octanol–water partition coefficient (Wildman–Crippen LogP) is 5.65. The lowest BCUT2D eigenvalue weighted by molar-refractivity contribution is -0.385. The summed E-state index contributed by atoms with van der Waals surface area (Å²) in [6, 6.07) is 8.49. The number of unbranched alkanes of at least 4 members (excludes halogenated alkanes) is 1. The number of nitro benzene ring substituents is 1. The summed E-state index contributed by atoms with van der Waals surface area (Å²) in [6.07, 6.45) is 1.52. The number of nitrogens with zero attached hydrogens (tertiary/aromatic N) is 1. The average Bonchev–Trinajstić information content (AvgIpc) is 2.57. The van der Waals surface area contributed by atoms with Gasteiger partial charge < -0.3 is 9.47 Å². The van der Waals surface area contributed by atoms with Crippen LogP contribution in [-0.4, -0.2) is 17.5 Å². The zero-order chi connectivity index (χ0) is 18.4. The van der Waals surface area contributed by atoms with Gasteiger partial charge in [0.05, 0.1) is 16.6 Å². The summed E-state index contributed by atoms with van der Waals surface area (Å²) in [5.74, 6) is -0.240. The first-order chi connectivity index (χ1) is 11.9. The van der Waals surface area contributed by atoms with Crippen LogP contribution in [0.5, 0.6) is 11.5 Å². The highest BCUT2D eigenvalue weighted by Crippen LogP contribution is 2.33. The summed E-state index contributed by atoms with van der Waals surface area (Å²) < 4.78 is 10.7. The SMILES string of the molecule is CCCCOC(=O)c1cc(Oc2ccc(Cl)cc2Cl)ccc1[N+](=O)[O-]. The lowest BCUT2D eigenvalue weighted by Crippen LogP contribution is -2.09. The molecule has 0 aliphatic rings. The first-order valence-electron chi connectivity index (χ1n) is 7.51. The van der Waals surface area contributed by atoms with E-state index in [-0.39, 0.29) is 28.6 Å². The number of benzene rings is 2. The molecule has 0 heterocycles. The fourth-order valence-electron chi connectivity index (χ4n) is 1.97. The highest BCUT2D eigenvalue weighted by atomic mass is 35.5. The normalized spacial score (nSPS) is 10.4. The maximum Gasteiger partial charge on any atom is 0.345 e. The minimum atomic E-state index is -0.771. The van der Waals surface area contributed by atoms with E-state index in [1.807, 2.05) is 6.92 Å². The number of nitro groups is 1. The topological polar surface area (TPSA) is 78.7 Å². The second-order valence-electron chi connectivity index (χ2n) is 5.10. The van der Waals surface area contributed by atoms with Gasteiger partial charge in [0, 0.05) is 17.2 Å². The van der Waals surface area contributed by atoms with Gasteiger partial charge in [-0.2, -0.15) is 0 Å². The van der Waals surface area contributed by atoms with Crippen molar-refractivity contribution in [3.05, 3.63) is 62.1 Å². The van der Waals surface area contributed by atoms with Crippen molar-refractivity contribution in [2.24, 2.45) is 0 Å². The number of halogens is 2. The fraction of sp³-hybridized carbons (Fsp3) is 0.235. The molecule has 0 radical (unpaired) electrons. The molecule has 132 valence electrons. The van der Waals surface area contributed by atoms with E-state index in [1.165, 1.54) is 24.3 Å². The van der Waals surface area contributed by atoms with Crippen molar-refractivity contribution in [2.75, 3.05) is 6.61 Å². The van der Waals surface area contributed by atoms with Crippen LogP contribution in [0.4, 0.5) is 5.69 Å². The van der Waals surface area contributed by atoms with Gasteiger partial charge in [0.15, 0.2) is 0 Å². The maximum absolute atomic E-state index is 12.1. The molecule has 0 spiro atoms. The van der Waals surface area contributed by atoms with Crippen LogP contribution >= 0.6 is 23.2 Å². The van der Waals surface area contributed by atoms with Crippen LogP contribution in [0, 0.1) is 10.1 Å². The van der Waals surface area contributed by atoms with Gasteiger partial charge in [-0.25, -0.2) is 4.79 Å². The summed E-state index contributed by atoms with van der Waals surface area (Å²) in [7, 11) is 0. The van der Waals surface area contributed by atoms with Gasteiger partial charge in [0.1, 0.15) is 17.1 Å². The average molecular weight is 384 g/mol. The van der Waals surface area contributed by atoms with Crippen LogP contribution in [0.25, 0.3) is 0 Å². The van der Waals surface area contributed by atoms with E-state index < -0.39 is 10.9 Å². The Morgan fingerprint density at radius 1 is 1.20 bits per heavy atom. The quantitative estimate of drug-likeness (QED) is 0.267. The lowest BCUT2D eigenvalue weighted by Gasteiger charge is -2.10. The Hall–Kier alpha value is -2.31. The second kappa shape index (κ2) is 8.69. The molecule has 0 aliphatic heterocycles. The van der Waals surface area contributed by atoms with Gasteiger partial charge in [0.25, 0.3) is 5.69 Å². The number of hydrogen-bond donors (Lipinski definition) is 0. The Balaban J connectivity index is 2.29. The van der Waals surface area contributed by atoms with Gasteiger partial charge >= 0.3 is 5.97 Å². The molecular weight excluding hydrogens is 369 g/mol. The Morgan fingerprint density at radius 3 is 2.60 bits per heavy atom. The molecule has 0 atom stereocenters. The van der Waals surface area contributed by atoms with Crippen molar-refractivity contribution < 1.29 is 19.2 Å². The van der Waals surface area contributed by atoms with Crippen molar-refractivity contribution in [3.63, 3.8) is 0 Å². The molecule has 2 aromatic carbocycles. The molecule has 0 saturated heterocycles. The fourth-order valence-corrected chi connectivity index (χ4v) is 2.42. The third-order valence-corrected chi connectivity index (χ3v) is 3.77. The number of rotatable bonds is 7. The maximum atomic E-state index is 12.1. The Morgan fingerprint density at radius 2 is 1.96 bits per heavy atom. The zero-order valence-electron chi connectivity index (χ0n) is 13.3. The van der Waals surface area contributed by atoms with Crippen LogP contribution < -0.4 is 4.74 Å². The highest BCUT2D eigenvalue weighted by molar-refractivity contribution is 6.35. The summed E-state index contributed by atoms with van der Waals surface area (Å²) in [5, 5.41) is 11.9. The molecule has 0 aliphatic carbocycles. The van der Waals surface area contributed by atoms with Crippen LogP contribution in [0.15, 0.2) is 36.4 Å². The first-order valence-corrected chi connectivity index (χ1v) is 8.26. The third kappa shape index (κ3) is 5.08. The molecule has 25 heavy (non-hydrogen) atoms. The van der Waals surface area contributed by atoms with Gasteiger partial charge in [-0.05, 0) is 30.7 Å². The molecule has 2 aromatic rings. The zero-order valence-corrected chi connectivity index (χ0v) is 14.8. The second-order valence-corrected chi connectivity index (χ2v) is 5.95. The first kappa shape index (κ1) is 19.0. The molecule has 0 unspecified atom stereocenters. The summed E-state index contributed by atoms with van der Waals surface area (Å²) in [5.41, 5.74) is -0.528. The van der Waals surface area contributed by atoms with E-state index >= 15 is 0 Å². The van der Waals surface area contributed by atoms with Gasteiger partial charge in [0.2, 0.25) is 0 Å². The highest BCUT2D eigenvalue weighted by Gasteiger charge is 2.22. The van der Waals surface area contributed by atoms with Crippen molar-refractivity contribution in [1.29, 1.82) is 0 Å². The molecular formula is C17H15Cl2NO5. The molecule has 6 nitrogen and oxygen atoms in total. The summed E-state index contributed by atoms with van der Waals surface area (Å²) in [6.45, 7) is 2.14. The summed E-state index contributed by atoms with van der Waals surface area (Å²) >= 11 is 11.9. The number of hydrogen-bond acceptors (Lipinski definition) is 5. The lowest BCUT2D eigenvalue weighted by atomic mass is 10.1. The van der Waals surface area contributed by atoms with Gasteiger partial charge in [-0.3, -0.25) is 10.1 Å². The number of carbonyl (C=O) groups excluding carboxylic acids is 1. The molecule has 0 N–H and O–H groups in total. The molecule has 2 rings (SSSR count). The smallest absolute Gasteiger partial charge is 0.345 e. The number of esters is 1. The minimum Gasteiger partial charge on any atom is -0.462 e. The van der Waals surface area contributed by atoms with Crippen LogP contribution in [0.1, 0.15) is 30.1 Å². The van der Waals surface area contributed by atoms with Crippen LogP contribution in [0.2, 0.25) is 10.0 Å². The van der Waals surface area contributed by atoms with Gasteiger partial charge in [-0.1, -0.05) is 36.5 Å². The largest absolute Gasteiger partial charge is 0.462 e. The Kier molecular flexibility index (Phi) is 6.61. The van der Waals surface area contributed by atoms with E-state index in [4.69, 9.17) is 32.7 Å². The van der Waals surface area contributed by atoms with E-state index in [0.717, 1.165) is 6.42 Å². The molecule has 0 saturated carbocycles. The Bertz CT molecular complexity index is 795. The van der Waals surface area contributed by atoms with E-state index in [9.17, 15) is 14.9 Å². The van der Waals surface area contributed by atoms with Gasteiger partial charge in [-0.15, -0.1) is 0 Å². The van der Waals surface area contributed by atoms with E-state index in [0.29, 0.717) is 17.2 Å². The van der Waals surface area contributed by atoms with Crippen molar-refractivity contribution in [1.82, 2.24) is 0 Å². The molecule has 0 amide bonds. The molecule has 0 fully saturated rings. The van der Waals surface area contributed by atoms with E-state index in [2.05, 4.69) is 0 Å². The minimum absolute atomic E-state index is 0.177. The predicted molar refractivity (Wildman–Crippen MR) is 94.8 cm³/mol.